The van der Waals surface area contributed by atoms with Gasteiger partial charge in [-0.2, -0.15) is 0 Å². The molecule has 0 aliphatic heterocycles. The van der Waals surface area contributed by atoms with Gasteiger partial charge < -0.3 is 15.0 Å². The highest BCUT2D eigenvalue weighted by molar-refractivity contribution is 9.10. The Bertz CT molecular complexity index is 999. The Morgan fingerprint density at radius 2 is 1.82 bits per heavy atom. The van der Waals surface area contributed by atoms with Gasteiger partial charge in [0.15, 0.2) is 6.61 Å². The number of nitrogens with zero attached hydrogens (tertiary/aromatic N) is 1. The minimum Gasteiger partial charge on any atom is -0.482 e. The fraction of sp³-hybridized carbons (Fsp3) is 0.417. The highest BCUT2D eigenvalue weighted by Crippen LogP contribution is 2.28. The molecule has 1 aliphatic rings. The number of rotatable bonds is 9. The zero-order valence-corrected chi connectivity index (χ0v) is 22.1. The molecule has 0 radical (unpaired) electrons. The fourth-order valence-corrected chi connectivity index (χ4v) is 4.99. The number of amides is 2. The molecule has 0 bridgehead atoms. The second-order valence-electron chi connectivity index (χ2n) is 8.05. The van der Waals surface area contributed by atoms with Gasteiger partial charge in [-0.15, -0.1) is 0 Å². The van der Waals surface area contributed by atoms with Crippen molar-refractivity contribution in [3.05, 3.63) is 61.5 Å². The maximum Gasteiger partial charge on any atom is 0.261 e. The third-order valence-electron chi connectivity index (χ3n) is 5.67. The van der Waals surface area contributed by atoms with Crippen molar-refractivity contribution >= 4 is 62.5 Å². The van der Waals surface area contributed by atoms with E-state index in [0.717, 1.165) is 35.7 Å². The Hall–Kier alpha value is -1.47. The van der Waals surface area contributed by atoms with Crippen LogP contribution in [0.25, 0.3) is 0 Å². The minimum absolute atomic E-state index is 0.153. The van der Waals surface area contributed by atoms with Crippen molar-refractivity contribution in [2.45, 2.75) is 57.7 Å². The van der Waals surface area contributed by atoms with E-state index < -0.39 is 6.04 Å². The molecular weight excluding hydrogens is 551 g/mol. The lowest BCUT2D eigenvalue weighted by Crippen LogP contribution is -2.52. The Kier molecular flexibility index (Phi) is 9.74. The molecule has 0 heterocycles. The van der Waals surface area contributed by atoms with Crippen LogP contribution in [0.1, 0.15) is 44.6 Å². The summed E-state index contributed by atoms with van der Waals surface area (Å²) in [5.41, 5.74) is 0.770. The average molecular weight is 577 g/mol. The van der Waals surface area contributed by atoms with Crippen LogP contribution in [-0.4, -0.2) is 35.4 Å². The molecule has 1 N–H and O–H groups in total. The number of hydrogen-bond acceptors (Lipinski definition) is 3. The van der Waals surface area contributed by atoms with Crippen molar-refractivity contribution in [1.82, 2.24) is 10.2 Å². The van der Waals surface area contributed by atoms with Gasteiger partial charge in [0.1, 0.15) is 11.8 Å². The Morgan fingerprint density at radius 1 is 1.09 bits per heavy atom. The molecular formula is C24H26BrCl3N2O3. The Labute approximate surface area is 217 Å². The summed E-state index contributed by atoms with van der Waals surface area (Å²) in [5.74, 6) is -0.0841. The molecule has 3 rings (SSSR count). The van der Waals surface area contributed by atoms with E-state index in [9.17, 15) is 9.59 Å². The van der Waals surface area contributed by atoms with E-state index in [0.29, 0.717) is 27.2 Å². The van der Waals surface area contributed by atoms with Crippen molar-refractivity contribution < 1.29 is 14.3 Å². The summed E-state index contributed by atoms with van der Waals surface area (Å²) >= 11 is 21.8. The molecule has 178 valence electrons. The van der Waals surface area contributed by atoms with Crippen molar-refractivity contribution in [2.24, 2.45) is 0 Å². The summed E-state index contributed by atoms with van der Waals surface area (Å²) in [6, 6.07) is 9.86. The van der Waals surface area contributed by atoms with Crippen LogP contribution in [0.5, 0.6) is 5.75 Å². The zero-order valence-electron chi connectivity index (χ0n) is 18.3. The molecule has 1 unspecified atom stereocenters. The predicted molar refractivity (Wildman–Crippen MR) is 136 cm³/mol. The number of benzene rings is 2. The first-order valence-electron chi connectivity index (χ1n) is 10.9. The second-order valence-corrected chi connectivity index (χ2v) is 10.2. The van der Waals surface area contributed by atoms with Crippen LogP contribution in [-0.2, 0) is 16.1 Å². The number of ether oxygens (including phenoxy) is 1. The van der Waals surface area contributed by atoms with Crippen molar-refractivity contribution in [1.29, 1.82) is 0 Å². The molecule has 0 aromatic heterocycles. The zero-order chi connectivity index (χ0) is 24.0. The van der Waals surface area contributed by atoms with Crippen LogP contribution in [0.4, 0.5) is 0 Å². The van der Waals surface area contributed by atoms with Gasteiger partial charge in [-0.25, -0.2) is 0 Å². The Balaban J connectivity index is 1.79. The topological polar surface area (TPSA) is 58.6 Å². The highest BCUT2D eigenvalue weighted by Gasteiger charge is 2.31. The molecule has 2 aromatic rings. The van der Waals surface area contributed by atoms with E-state index in [1.165, 1.54) is 4.90 Å². The van der Waals surface area contributed by atoms with Gasteiger partial charge >= 0.3 is 0 Å². The van der Waals surface area contributed by atoms with Crippen LogP contribution < -0.4 is 10.1 Å². The normalized spacial score (nSPS) is 14.7. The molecule has 1 saturated carbocycles. The molecule has 33 heavy (non-hydrogen) atoms. The lowest BCUT2D eigenvalue weighted by molar-refractivity contribution is -0.143. The average Bonchev–Trinajstić information content (AvgIpc) is 3.28. The first-order valence-corrected chi connectivity index (χ1v) is 12.8. The molecule has 2 amide bonds. The molecule has 9 heteroatoms. The SMILES string of the molecule is CCC(C(=O)NC1CCCC1)N(Cc1ccc(Cl)c(Cl)c1)C(=O)COc1ccc(Br)cc1Cl. The van der Waals surface area contributed by atoms with Crippen LogP contribution in [0.15, 0.2) is 40.9 Å². The first-order chi connectivity index (χ1) is 15.8. The summed E-state index contributed by atoms with van der Waals surface area (Å²) in [4.78, 5) is 28.0. The van der Waals surface area contributed by atoms with Gasteiger partial charge in [-0.3, -0.25) is 9.59 Å². The number of carbonyl (C=O) groups excluding carboxylic acids is 2. The maximum atomic E-state index is 13.3. The molecule has 0 spiro atoms. The van der Waals surface area contributed by atoms with Gasteiger partial charge in [0, 0.05) is 17.1 Å². The second kappa shape index (κ2) is 12.3. The third kappa shape index (κ3) is 7.25. The summed E-state index contributed by atoms with van der Waals surface area (Å²) < 4.78 is 6.51. The smallest absolute Gasteiger partial charge is 0.261 e. The van der Waals surface area contributed by atoms with Crippen LogP contribution in [0.3, 0.4) is 0 Å². The van der Waals surface area contributed by atoms with Crippen molar-refractivity contribution in [3.8, 4) is 5.75 Å². The predicted octanol–water partition coefficient (Wildman–Crippen LogP) is 6.65. The van der Waals surface area contributed by atoms with E-state index in [1.807, 2.05) is 6.92 Å². The fourth-order valence-electron chi connectivity index (χ4n) is 3.94. The van der Waals surface area contributed by atoms with Gasteiger partial charge in [0.25, 0.3) is 5.91 Å². The largest absolute Gasteiger partial charge is 0.482 e. The summed E-state index contributed by atoms with van der Waals surface area (Å²) in [6.07, 6.45) is 4.61. The van der Waals surface area contributed by atoms with Crippen LogP contribution in [0.2, 0.25) is 15.1 Å². The summed E-state index contributed by atoms with van der Waals surface area (Å²) in [7, 11) is 0. The van der Waals surface area contributed by atoms with E-state index in [-0.39, 0.29) is 31.0 Å². The standard InChI is InChI=1S/C24H26BrCl3N2O3/c1-2-21(24(32)29-17-5-3-4-6-17)30(13-15-7-9-18(26)19(27)11-15)23(31)14-33-22-10-8-16(25)12-20(22)28/h7-12,17,21H,2-6,13-14H2,1H3,(H,29,32). The monoisotopic (exact) mass is 574 g/mol. The van der Waals surface area contributed by atoms with Crippen molar-refractivity contribution in [3.63, 3.8) is 0 Å². The lowest BCUT2D eigenvalue weighted by atomic mass is 10.1. The van der Waals surface area contributed by atoms with E-state index in [4.69, 9.17) is 39.5 Å². The van der Waals surface area contributed by atoms with Crippen LogP contribution >= 0.6 is 50.7 Å². The van der Waals surface area contributed by atoms with Gasteiger partial charge in [0.2, 0.25) is 5.91 Å². The lowest BCUT2D eigenvalue weighted by Gasteiger charge is -2.31. The molecule has 5 nitrogen and oxygen atoms in total. The van der Waals surface area contributed by atoms with E-state index in [1.54, 1.807) is 36.4 Å². The van der Waals surface area contributed by atoms with Gasteiger partial charge in [-0.05, 0) is 55.2 Å². The highest BCUT2D eigenvalue weighted by atomic mass is 79.9. The summed E-state index contributed by atoms with van der Waals surface area (Å²) in [5, 5.41) is 4.32. The number of carbonyl (C=O) groups is 2. The van der Waals surface area contributed by atoms with Gasteiger partial charge in [-0.1, -0.05) is 76.6 Å². The molecule has 2 aromatic carbocycles. The van der Waals surface area contributed by atoms with Gasteiger partial charge in [0.05, 0.1) is 15.1 Å². The molecule has 1 aliphatic carbocycles. The quantitative estimate of drug-likeness (QED) is 0.364. The summed E-state index contributed by atoms with van der Waals surface area (Å²) in [6.45, 7) is 1.83. The first kappa shape index (κ1) is 26.1. The third-order valence-corrected chi connectivity index (χ3v) is 7.20. The van der Waals surface area contributed by atoms with Crippen molar-refractivity contribution in [2.75, 3.05) is 6.61 Å². The minimum atomic E-state index is -0.642. The van der Waals surface area contributed by atoms with E-state index in [2.05, 4.69) is 21.2 Å². The Morgan fingerprint density at radius 3 is 2.45 bits per heavy atom. The number of halogens is 4. The molecule has 1 atom stereocenters. The number of nitrogens with one attached hydrogen (secondary N) is 1. The molecule has 0 saturated heterocycles. The van der Waals surface area contributed by atoms with Crippen LogP contribution in [0, 0.1) is 0 Å². The maximum absolute atomic E-state index is 13.3. The molecule has 1 fully saturated rings. The van der Waals surface area contributed by atoms with E-state index >= 15 is 0 Å². The number of hydrogen-bond donors (Lipinski definition) is 1.